The van der Waals surface area contributed by atoms with Gasteiger partial charge in [-0.15, -0.1) is 0 Å². The predicted octanol–water partition coefficient (Wildman–Crippen LogP) is 2.48. The monoisotopic (exact) mass is 286 g/mol. The van der Waals surface area contributed by atoms with Crippen LogP contribution in [0.15, 0.2) is 29.3 Å². The maximum absolute atomic E-state index is 11.3. The number of quaternary nitrogens is 1. The van der Waals surface area contributed by atoms with E-state index in [9.17, 15) is 10.4 Å². The summed E-state index contributed by atoms with van der Waals surface area (Å²) in [5, 5.41) is 19.7. The number of aliphatic imine (C=N–C) groups is 1. The Morgan fingerprint density at radius 1 is 1.10 bits per heavy atom. The molecule has 0 spiro atoms. The second-order valence-corrected chi connectivity index (χ2v) is 7.29. The summed E-state index contributed by atoms with van der Waals surface area (Å²) in [4.78, 5) is 4.94. The van der Waals surface area contributed by atoms with Gasteiger partial charge in [0.25, 0.3) is 0 Å². The molecule has 1 atom stereocenters. The van der Waals surface area contributed by atoms with Gasteiger partial charge in [-0.1, -0.05) is 12.1 Å². The van der Waals surface area contributed by atoms with Crippen molar-refractivity contribution in [2.24, 2.45) is 22.7 Å². The Kier molecular flexibility index (Phi) is 3.14. The molecule has 1 unspecified atom stereocenters. The van der Waals surface area contributed by atoms with Crippen LogP contribution in [-0.4, -0.2) is 17.0 Å². The Balaban J connectivity index is 1.61. The van der Waals surface area contributed by atoms with Gasteiger partial charge in [0.15, 0.2) is 5.69 Å². The fraction of sp³-hybridized carbons (Fsp3) is 0.588. The summed E-state index contributed by atoms with van der Waals surface area (Å²) in [5.74, 6) is 2.59. The van der Waals surface area contributed by atoms with Crippen LogP contribution in [0, 0.1) is 23.0 Å². The van der Waals surface area contributed by atoms with Crippen LogP contribution in [0.3, 0.4) is 0 Å². The fourth-order valence-corrected chi connectivity index (χ4v) is 5.23. The minimum absolute atomic E-state index is 0.111. The largest absolute Gasteiger partial charge is 0.595 e. The first-order valence-corrected chi connectivity index (χ1v) is 8.01. The Hall–Kier alpha value is -1.23. The zero-order chi connectivity index (χ0) is 14.4. The van der Waals surface area contributed by atoms with Crippen LogP contribution in [0.4, 0.5) is 5.69 Å². The van der Waals surface area contributed by atoms with Crippen molar-refractivity contribution in [2.45, 2.75) is 44.1 Å². The Morgan fingerprint density at radius 2 is 1.67 bits per heavy atom. The van der Waals surface area contributed by atoms with Gasteiger partial charge in [0.1, 0.15) is 0 Å². The first-order chi connectivity index (χ1) is 10.1. The third kappa shape index (κ3) is 2.41. The van der Waals surface area contributed by atoms with E-state index >= 15 is 0 Å². The van der Waals surface area contributed by atoms with Crippen LogP contribution in [0.2, 0.25) is 0 Å². The summed E-state index contributed by atoms with van der Waals surface area (Å²) in [6.45, 7) is 0. The lowest BCUT2D eigenvalue weighted by molar-refractivity contribution is -0.991. The molecule has 21 heavy (non-hydrogen) atoms. The number of nitrogens with zero attached hydrogens (tertiary/aromatic N) is 1. The van der Waals surface area contributed by atoms with Crippen molar-refractivity contribution in [2.75, 3.05) is 0 Å². The third-order valence-electron chi connectivity index (χ3n) is 5.67. The minimum Gasteiger partial charge on any atom is -0.595 e. The molecule has 4 fully saturated rings. The Labute approximate surface area is 125 Å². The first kappa shape index (κ1) is 13.4. The first-order valence-electron chi connectivity index (χ1n) is 8.01. The summed E-state index contributed by atoms with van der Waals surface area (Å²) in [5.41, 5.74) is 1.20. The highest BCUT2D eigenvalue weighted by atomic mass is 16.8. The van der Waals surface area contributed by atoms with E-state index in [0.717, 1.165) is 23.3 Å². The molecule has 4 aliphatic carbocycles. The second kappa shape index (κ2) is 4.90. The lowest BCUT2D eigenvalue weighted by Gasteiger charge is -2.54. The summed E-state index contributed by atoms with van der Waals surface area (Å²) >= 11 is 0. The van der Waals surface area contributed by atoms with Crippen molar-refractivity contribution >= 4 is 11.9 Å². The molecule has 4 heteroatoms. The molecule has 0 radical (unpaired) electrons. The molecule has 0 aromatic heterocycles. The molecule has 2 N–H and O–H groups in total. The van der Waals surface area contributed by atoms with Gasteiger partial charge in [-0.05, 0) is 62.3 Å². The van der Waals surface area contributed by atoms with Gasteiger partial charge in [-0.2, -0.15) is 5.23 Å². The van der Waals surface area contributed by atoms with Gasteiger partial charge in [0, 0.05) is 12.3 Å². The molecular formula is C17H22N2O2. The summed E-state index contributed by atoms with van der Waals surface area (Å²) < 4.78 is 0. The number of nitrogens with one attached hydrogen (secondary N) is 1. The van der Waals surface area contributed by atoms with E-state index in [1.807, 2.05) is 18.3 Å². The molecule has 4 aliphatic rings. The van der Waals surface area contributed by atoms with Crippen molar-refractivity contribution in [3.8, 4) is 0 Å². The van der Waals surface area contributed by atoms with Gasteiger partial charge in [-0.25, -0.2) is 5.21 Å². The summed E-state index contributed by atoms with van der Waals surface area (Å²) in [7, 11) is 0. The maximum Gasteiger partial charge on any atom is 0.172 e. The quantitative estimate of drug-likeness (QED) is 0.662. The molecule has 1 aromatic rings. The van der Waals surface area contributed by atoms with Crippen LogP contribution in [0.5, 0.6) is 0 Å². The molecule has 0 saturated heterocycles. The van der Waals surface area contributed by atoms with E-state index in [1.54, 1.807) is 12.1 Å². The van der Waals surface area contributed by atoms with Crippen LogP contribution >= 0.6 is 0 Å². The lowest BCUT2D eigenvalue weighted by Crippen LogP contribution is -2.99. The van der Waals surface area contributed by atoms with Crippen LogP contribution < -0.4 is 5.23 Å². The van der Waals surface area contributed by atoms with Crippen LogP contribution in [0.1, 0.15) is 44.1 Å². The SMILES string of the molecule is [O-][NH+](O)c1ccccc1C=NC12CC3CC(CC(C3)C1)C2. The topological polar surface area (TPSA) is 60.1 Å². The van der Waals surface area contributed by atoms with E-state index in [4.69, 9.17) is 4.99 Å². The lowest BCUT2D eigenvalue weighted by atomic mass is 9.53. The smallest absolute Gasteiger partial charge is 0.172 e. The molecule has 0 amide bonds. The summed E-state index contributed by atoms with van der Waals surface area (Å²) in [6, 6.07) is 7.16. The van der Waals surface area contributed by atoms with Gasteiger partial charge < -0.3 is 5.21 Å². The molecule has 4 saturated carbocycles. The van der Waals surface area contributed by atoms with Gasteiger partial charge >= 0.3 is 0 Å². The number of para-hydroxylation sites is 1. The van der Waals surface area contributed by atoms with Crippen LogP contribution in [-0.2, 0) is 0 Å². The van der Waals surface area contributed by atoms with Crippen molar-refractivity contribution in [3.63, 3.8) is 0 Å². The molecule has 0 aliphatic heterocycles. The highest BCUT2D eigenvalue weighted by Gasteiger charge is 2.50. The Bertz CT molecular complexity index is 532. The molecule has 4 nitrogen and oxygen atoms in total. The van der Waals surface area contributed by atoms with Crippen LogP contribution in [0.25, 0.3) is 0 Å². The van der Waals surface area contributed by atoms with E-state index in [1.165, 1.54) is 38.5 Å². The standard InChI is InChI=1S/C17H22N2O2/c20-19(21)16-4-2-1-3-15(16)11-18-17-8-12-5-13(9-17)7-14(6-12)10-17/h1-4,11-14,19-20H,5-10H2. The number of benzene rings is 1. The van der Waals surface area contributed by atoms with E-state index in [0.29, 0.717) is 5.69 Å². The van der Waals surface area contributed by atoms with Gasteiger partial charge in [0.05, 0.1) is 11.1 Å². The fourth-order valence-electron chi connectivity index (χ4n) is 5.23. The van der Waals surface area contributed by atoms with Crippen molar-refractivity contribution in [1.82, 2.24) is 0 Å². The number of hydrogen-bond donors (Lipinski definition) is 2. The normalized spacial score (nSPS) is 39.0. The average molecular weight is 286 g/mol. The molecule has 4 bridgehead atoms. The minimum atomic E-state index is -0.873. The molecule has 0 heterocycles. The Morgan fingerprint density at radius 3 is 2.24 bits per heavy atom. The van der Waals surface area contributed by atoms with Crippen molar-refractivity contribution in [1.29, 1.82) is 0 Å². The highest BCUT2D eigenvalue weighted by Crippen LogP contribution is 2.57. The van der Waals surface area contributed by atoms with Gasteiger partial charge in [-0.3, -0.25) is 4.99 Å². The van der Waals surface area contributed by atoms with E-state index in [-0.39, 0.29) is 5.54 Å². The maximum atomic E-state index is 11.3. The predicted molar refractivity (Wildman–Crippen MR) is 80.7 cm³/mol. The highest BCUT2D eigenvalue weighted by molar-refractivity contribution is 5.85. The molecule has 112 valence electrons. The molecule has 5 rings (SSSR count). The number of rotatable bonds is 3. The summed E-state index contributed by atoms with van der Waals surface area (Å²) in [6.07, 6.45) is 9.68. The third-order valence-corrected chi connectivity index (χ3v) is 5.67. The molecular weight excluding hydrogens is 264 g/mol. The zero-order valence-electron chi connectivity index (χ0n) is 12.2. The second-order valence-electron chi connectivity index (χ2n) is 7.29. The zero-order valence-corrected chi connectivity index (χ0v) is 12.2. The average Bonchev–Trinajstić information content (AvgIpc) is 2.44. The van der Waals surface area contributed by atoms with Gasteiger partial charge in [0.2, 0.25) is 0 Å². The van der Waals surface area contributed by atoms with Crippen molar-refractivity contribution in [3.05, 3.63) is 35.0 Å². The van der Waals surface area contributed by atoms with E-state index in [2.05, 4.69) is 0 Å². The molecule has 1 aromatic carbocycles. The van der Waals surface area contributed by atoms with E-state index < -0.39 is 5.23 Å². The van der Waals surface area contributed by atoms with Crippen molar-refractivity contribution < 1.29 is 10.4 Å². The number of hydrogen-bond acceptors (Lipinski definition) is 3.